The predicted molar refractivity (Wildman–Crippen MR) is 136 cm³/mol. The van der Waals surface area contributed by atoms with Crippen LogP contribution in [0.4, 0.5) is 0 Å². The van der Waals surface area contributed by atoms with E-state index in [1.165, 1.54) is 56.7 Å². The second-order valence-corrected chi connectivity index (χ2v) is 11.7. The van der Waals surface area contributed by atoms with Crippen molar-refractivity contribution in [3.8, 4) is 5.75 Å². The first kappa shape index (κ1) is 29.2. The summed E-state index contributed by atoms with van der Waals surface area (Å²) in [6.45, 7) is 8.17. The van der Waals surface area contributed by atoms with Crippen LogP contribution in [0, 0.1) is 0 Å². The fraction of sp³-hybridized carbons (Fsp3) is 0.720. The Balaban J connectivity index is 2.27. The third-order valence-electron chi connectivity index (χ3n) is 5.04. The minimum atomic E-state index is -2.68. The van der Waals surface area contributed by atoms with Crippen LogP contribution in [0.3, 0.4) is 0 Å². The number of rotatable bonds is 21. The smallest absolute Gasteiger partial charge is 0.485 e. The van der Waals surface area contributed by atoms with Gasteiger partial charge in [-0.15, -0.1) is 0 Å². The summed E-state index contributed by atoms with van der Waals surface area (Å²) in [5.41, 5.74) is 0. The zero-order valence-corrected chi connectivity index (χ0v) is 22.3. The van der Waals surface area contributed by atoms with Gasteiger partial charge in [0.15, 0.2) is 6.61 Å². The highest BCUT2D eigenvalue weighted by molar-refractivity contribution is 8.13. The van der Waals surface area contributed by atoms with Crippen LogP contribution in [0.15, 0.2) is 30.3 Å². The summed E-state index contributed by atoms with van der Waals surface area (Å²) in [4.78, 5) is 12.1. The van der Waals surface area contributed by atoms with Crippen molar-refractivity contribution >= 4 is 25.7 Å². The summed E-state index contributed by atoms with van der Waals surface area (Å²) in [6, 6.07) is 10.2. The maximum Gasteiger partial charge on any atom is 0.500 e. The molecule has 32 heavy (non-hydrogen) atoms. The van der Waals surface area contributed by atoms with Crippen molar-refractivity contribution in [2.24, 2.45) is 0 Å². The van der Waals surface area contributed by atoms with Crippen molar-refractivity contribution in [2.75, 3.05) is 32.2 Å². The highest BCUT2D eigenvalue weighted by atomic mass is 32.2. The summed E-state index contributed by atoms with van der Waals surface area (Å²) in [5, 5.41) is 0.0359. The lowest BCUT2D eigenvalue weighted by Crippen LogP contribution is -2.46. The van der Waals surface area contributed by atoms with Crippen molar-refractivity contribution in [2.45, 2.75) is 84.6 Å². The number of unbranched alkanes of at least 4 members (excludes halogenated alkanes) is 7. The predicted octanol–water partition coefficient (Wildman–Crippen LogP) is 6.88. The molecule has 1 aromatic carbocycles. The van der Waals surface area contributed by atoms with E-state index in [0.29, 0.717) is 25.6 Å². The average Bonchev–Trinajstić information content (AvgIpc) is 2.80. The minimum absolute atomic E-state index is 0.0359. The molecule has 0 saturated heterocycles. The van der Waals surface area contributed by atoms with E-state index >= 15 is 0 Å². The molecule has 0 radical (unpaired) electrons. The number of hydrogen-bond acceptors (Lipinski definition) is 6. The van der Waals surface area contributed by atoms with Crippen molar-refractivity contribution in [1.29, 1.82) is 0 Å². The van der Waals surface area contributed by atoms with E-state index in [1.54, 1.807) is 0 Å². The minimum Gasteiger partial charge on any atom is -0.485 e. The van der Waals surface area contributed by atoms with Crippen molar-refractivity contribution in [3.05, 3.63) is 30.3 Å². The summed E-state index contributed by atoms with van der Waals surface area (Å²) in [5.74, 6) is 1.43. The third kappa shape index (κ3) is 14.3. The fourth-order valence-electron chi connectivity index (χ4n) is 3.42. The molecule has 0 heterocycles. The lowest BCUT2D eigenvalue weighted by Gasteiger charge is -2.29. The standard InChI is InChI=1S/C25H44O5SSi/c1-4-7-8-9-10-11-12-16-20-30-32(28-5-2,29-6-3)22-17-21-31-25(26)23-27-24-18-14-13-15-19-24/h13-15,18-19H,4-12,16-17,20-23H2,1-3H3. The second-order valence-electron chi connectivity index (χ2n) is 7.80. The highest BCUT2D eigenvalue weighted by Crippen LogP contribution is 2.21. The summed E-state index contributed by atoms with van der Waals surface area (Å²) in [7, 11) is -2.68. The second kappa shape index (κ2) is 19.6. The summed E-state index contributed by atoms with van der Waals surface area (Å²) < 4.78 is 23.8. The van der Waals surface area contributed by atoms with Gasteiger partial charge in [-0.3, -0.25) is 4.79 Å². The van der Waals surface area contributed by atoms with Gasteiger partial charge in [-0.05, 0) is 38.8 Å². The van der Waals surface area contributed by atoms with Gasteiger partial charge in [0.1, 0.15) is 5.75 Å². The summed E-state index contributed by atoms with van der Waals surface area (Å²) >= 11 is 1.31. The molecule has 0 saturated carbocycles. The first-order chi connectivity index (χ1) is 15.7. The van der Waals surface area contributed by atoms with E-state index in [9.17, 15) is 4.79 Å². The molecule has 0 bridgehead atoms. The van der Waals surface area contributed by atoms with Gasteiger partial charge in [-0.25, -0.2) is 0 Å². The first-order valence-corrected chi connectivity index (χ1v) is 15.3. The third-order valence-corrected chi connectivity index (χ3v) is 9.04. The van der Waals surface area contributed by atoms with Crippen molar-refractivity contribution in [1.82, 2.24) is 0 Å². The summed E-state index contributed by atoms with van der Waals surface area (Å²) in [6.07, 6.45) is 11.0. The van der Waals surface area contributed by atoms with Crippen LogP contribution in [-0.4, -0.2) is 46.1 Å². The van der Waals surface area contributed by atoms with E-state index in [2.05, 4.69) is 6.92 Å². The van der Waals surface area contributed by atoms with Crippen LogP contribution in [0.2, 0.25) is 6.04 Å². The van der Waals surface area contributed by atoms with Crippen LogP contribution in [0.5, 0.6) is 5.75 Å². The Labute approximate surface area is 201 Å². The van der Waals surface area contributed by atoms with Gasteiger partial charge in [-0.2, -0.15) is 0 Å². The molecule has 0 aliphatic carbocycles. The number of ether oxygens (including phenoxy) is 1. The Kier molecular flexibility index (Phi) is 17.9. The van der Waals surface area contributed by atoms with Gasteiger partial charge in [-0.1, -0.05) is 81.8 Å². The van der Waals surface area contributed by atoms with Gasteiger partial charge in [0.05, 0.1) is 0 Å². The molecular weight excluding hydrogens is 440 g/mol. The van der Waals surface area contributed by atoms with E-state index in [4.69, 9.17) is 18.0 Å². The Morgan fingerprint density at radius 2 is 1.44 bits per heavy atom. The van der Waals surface area contributed by atoms with Crippen molar-refractivity contribution in [3.63, 3.8) is 0 Å². The van der Waals surface area contributed by atoms with Crippen LogP contribution < -0.4 is 4.74 Å². The van der Waals surface area contributed by atoms with Gasteiger partial charge in [0, 0.05) is 31.6 Å². The quantitative estimate of drug-likeness (QED) is 0.140. The Morgan fingerprint density at radius 3 is 2.06 bits per heavy atom. The van der Waals surface area contributed by atoms with Gasteiger partial charge >= 0.3 is 8.80 Å². The number of carbonyl (C=O) groups excluding carboxylic acids is 1. The number of benzene rings is 1. The normalized spacial score (nSPS) is 11.6. The molecule has 1 aromatic rings. The largest absolute Gasteiger partial charge is 0.500 e. The van der Waals surface area contributed by atoms with Crippen LogP contribution in [-0.2, 0) is 18.1 Å². The topological polar surface area (TPSA) is 54.0 Å². The lowest BCUT2D eigenvalue weighted by atomic mass is 10.1. The van der Waals surface area contributed by atoms with Crippen LogP contribution in [0.1, 0.15) is 78.6 Å². The Bertz CT molecular complexity index is 567. The molecule has 7 heteroatoms. The molecule has 0 aliphatic rings. The average molecular weight is 485 g/mol. The van der Waals surface area contributed by atoms with E-state index in [0.717, 1.165) is 24.6 Å². The van der Waals surface area contributed by atoms with Gasteiger partial charge in [0.2, 0.25) is 5.12 Å². The zero-order valence-electron chi connectivity index (χ0n) is 20.4. The van der Waals surface area contributed by atoms with Crippen LogP contribution >= 0.6 is 11.8 Å². The molecule has 0 spiro atoms. The number of hydrogen-bond donors (Lipinski definition) is 0. The Hall–Kier alpha value is -0.863. The molecule has 184 valence electrons. The molecule has 0 amide bonds. The number of para-hydroxylation sites is 1. The zero-order chi connectivity index (χ0) is 23.3. The molecule has 1 rings (SSSR count). The monoisotopic (exact) mass is 484 g/mol. The Morgan fingerprint density at radius 1 is 0.812 bits per heavy atom. The molecule has 0 fully saturated rings. The molecule has 0 aromatic heterocycles. The van der Waals surface area contributed by atoms with E-state index in [1.807, 2.05) is 44.2 Å². The van der Waals surface area contributed by atoms with E-state index < -0.39 is 8.80 Å². The van der Waals surface area contributed by atoms with Crippen LogP contribution in [0.25, 0.3) is 0 Å². The molecule has 0 unspecified atom stereocenters. The molecule has 0 aliphatic heterocycles. The maximum atomic E-state index is 12.1. The van der Waals surface area contributed by atoms with Gasteiger partial charge in [0.25, 0.3) is 0 Å². The number of carbonyl (C=O) groups is 1. The molecular formula is C25H44O5SSi. The number of thioether (sulfide) groups is 1. The first-order valence-electron chi connectivity index (χ1n) is 12.4. The SMILES string of the molecule is CCCCCCCCCCO[Si](CCCSC(=O)COc1ccccc1)(OCC)OCC. The van der Waals surface area contributed by atoms with Gasteiger partial charge < -0.3 is 18.0 Å². The molecule has 5 nitrogen and oxygen atoms in total. The molecule has 0 N–H and O–H groups in total. The lowest BCUT2D eigenvalue weighted by molar-refractivity contribution is -0.112. The van der Waals surface area contributed by atoms with E-state index in [-0.39, 0.29) is 11.7 Å². The van der Waals surface area contributed by atoms with Crippen molar-refractivity contribution < 1.29 is 22.8 Å². The molecule has 0 atom stereocenters. The fourth-order valence-corrected chi connectivity index (χ4v) is 6.96. The highest BCUT2D eigenvalue weighted by Gasteiger charge is 2.39. The maximum absolute atomic E-state index is 12.1.